The molecule has 0 atom stereocenters. The number of aromatic nitrogens is 1. The molecule has 2 aliphatic carbocycles. The van der Waals surface area contributed by atoms with Gasteiger partial charge in [0.15, 0.2) is 5.13 Å². The first-order valence-electron chi connectivity index (χ1n) is 13.1. The van der Waals surface area contributed by atoms with E-state index >= 15 is 0 Å². The summed E-state index contributed by atoms with van der Waals surface area (Å²) in [5.41, 5.74) is 0. The zero-order chi connectivity index (χ0) is 24.1. The smallest absolute Gasteiger partial charge is 0.319 e. The summed E-state index contributed by atoms with van der Waals surface area (Å²) in [5, 5.41) is 3.79. The molecule has 0 unspecified atom stereocenters. The molecular weight excluding hydrogens is 470 g/mol. The lowest BCUT2D eigenvalue weighted by Crippen LogP contribution is -2.51. The Morgan fingerprint density at radius 1 is 1.06 bits per heavy atom. The predicted octanol–water partition coefficient (Wildman–Crippen LogP) is 4.36. The molecule has 1 saturated heterocycles. The Bertz CT molecular complexity index is 899. The fraction of sp³-hybridized carbons (Fsp3) is 0.833. The van der Waals surface area contributed by atoms with Gasteiger partial charge in [-0.1, -0.05) is 26.2 Å². The van der Waals surface area contributed by atoms with E-state index in [9.17, 15) is 13.2 Å². The molecule has 1 aliphatic heterocycles. The second kappa shape index (κ2) is 11.7. The number of piperazine rings is 1. The second-order valence-corrected chi connectivity index (χ2v) is 13.6. The first-order chi connectivity index (χ1) is 16.4. The highest BCUT2D eigenvalue weighted by molar-refractivity contribution is 7.89. The Kier molecular flexibility index (Phi) is 8.87. The topological polar surface area (TPSA) is 85.9 Å². The number of rotatable bonds is 7. The van der Waals surface area contributed by atoms with Crippen LogP contribution in [-0.4, -0.2) is 77.6 Å². The molecule has 1 aromatic heterocycles. The van der Waals surface area contributed by atoms with Crippen LogP contribution in [0.1, 0.15) is 76.5 Å². The van der Waals surface area contributed by atoms with Crippen LogP contribution in [0.25, 0.3) is 0 Å². The van der Waals surface area contributed by atoms with Crippen LogP contribution in [0.5, 0.6) is 0 Å². The van der Waals surface area contributed by atoms with Gasteiger partial charge in [-0.3, -0.25) is 10.2 Å². The highest BCUT2D eigenvalue weighted by Crippen LogP contribution is 2.33. The fourth-order valence-electron chi connectivity index (χ4n) is 5.67. The van der Waals surface area contributed by atoms with E-state index in [1.807, 2.05) is 6.20 Å². The number of anilines is 1. The summed E-state index contributed by atoms with van der Waals surface area (Å²) < 4.78 is 25.8. The van der Waals surface area contributed by atoms with Crippen LogP contribution in [0.4, 0.5) is 9.93 Å². The summed E-state index contributed by atoms with van der Waals surface area (Å²) in [4.78, 5) is 23.5. The molecule has 1 aromatic rings. The zero-order valence-corrected chi connectivity index (χ0v) is 22.4. The third kappa shape index (κ3) is 6.50. The van der Waals surface area contributed by atoms with E-state index < -0.39 is 10.0 Å². The number of hydrogen-bond acceptors (Lipinski definition) is 6. The summed E-state index contributed by atoms with van der Waals surface area (Å²) in [6.07, 6.45) is 12.4. The van der Waals surface area contributed by atoms with Crippen LogP contribution >= 0.6 is 11.3 Å². The Morgan fingerprint density at radius 2 is 1.71 bits per heavy atom. The minimum atomic E-state index is -3.11. The molecule has 2 saturated carbocycles. The van der Waals surface area contributed by atoms with E-state index in [2.05, 4.69) is 27.0 Å². The summed E-state index contributed by atoms with van der Waals surface area (Å²) in [6, 6.07) is 0.711. The van der Waals surface area contributed by atoms with E-state index in [-0.39, 0.29) is 11.8 Å². The Hall–Kier alpha value is -1.23. The third-order valence-corrected chi connectivity index (χ3v) is 10.6. The van der Waals surface area contributed by atoms with Gasteiger partial charge >= 0.3 is 6.03 Å². The van der Waals surface area contributed by atoms with Crippen molar-refractivity contribution in [2.24, 2.45) is 5.92 Å². The van der Waals surface area contributed by atoms with Gasteiger partial charge in [-0.2, -0.15) is 4.31 Å². The summed E-state index contributed by atoms with van der Waals surface area (Å²) >= 11 is 1.53. The van der Waals surface area contributed by atoms with Crippen LogP contribution in [-0.2, 0) is 16.6 Å². The van der Waals surface area contributed by atoms with Crippen molar-refractivity contribution < 1.29 is 13.2 Å². The Morgan fingerprint density at radius 3 is 2.35 bits per heavy atom. The number of carbonyl (C=O) groups excluding carboxylic acids is 1. The standard InChI is InChI=1S/C24H41N5O3S2/c1-3-34(31,32)28-15-13-27(14-16-28)18-22-17-25-23(33-22)26-24(30)29(20-7-5-4-6-8-20)21-11-9-19(2)10-12-21/h17,19-21H,3-16,18H2,1-2H3,(H,25,26,30). The van der Waals surface area contributed by atoms with E-state index in [1.54, 1.807) is 11.2 Å². The van der Waals surface area contributed by atoms with Gasteiger partial charge in [-0.25, -0.2) is 18.2 Å². The van der Waals surface area contributed by atoms with Gasteiger partial charge in [0.05, 0.1) is 5.75 Å². The van der Waals surface area contributed by atoms with Gasteiger partial charge < -0.3 is 4.90 Å². The van der Waals surface area contributed by atoms with Crippen LogP contribution in [0.3, 0.4) is 0 Å². The molecule has 0 radical (unpaired) electrons. The number of urea groups is 1. The quantitative estimate of drug-likeness (QED) is 0.588. The average molecular weight is 512 g/mol. The molecule has 8 nitrogen and oxygen atoms in total. The Balaban J connectivity index is 1.34. The molecule has 0 aromatic carbocycles. The number of carbonyl (C=O) groups is 1. The van der Waals surface area contributed by atoms with Crippen LogP contribution < -0.4 is 5.32 Å². The van der Waals surface area contributed by atoms with Crippen LogP contribution in [0.15, 0.2) is 6.20 Å². The molecule has 0 bridgehead atoms. The largest absolute Gasteiger partial charge is 0.324 e. The fourth-order valence-corrected chi connectivity index (χ4v) is 7.60. The lowest BCUT2D eigenvalue weighted by atomic mass is 9.84. The maximum absolute atomic E-state index is 13.5. The van der Waals surface area contributed by atoms with Crippen molar-refractivity contribution >= 4 is 32.5 Å². The van der Waals surface area contributed by atoms with Crippen molar-refractivity contribution in [2.75, 3.05) is 37.2 Å². The molecule has 34 heavy (non-hydrogen) atoms. The molecule has 3 aliphatic rings. The SMILES string of the molecule is CCS(=O)(=O)N1CCN(Cc2cnc(NC(=O)N(C3CCCCC3)C3CCC(C)CC3)s2)CC1. The minimum absolute atomic E-state index is 0.0192. The normalized spacial score (nSPS) is 25.8. The lowest BCUT2D eigenvalue weighted by molar-refractivity contribution is 0.105. The maximum Gasteiger partial charge on any atom is 0.324 e. The van der Waals surface area contributed by atoms with Crippen LogP contribution in [0.2, 0.25) is 0 Å². The Labute approximate surface area is 209 Å². The summed E-state index contributed by atoms with van der Waals surface area (Å²) in [7, 11) is -3.11. The van der Waals surface area contributed by atoms with Crippen LogP contribution in [0, 0.1) is 5.92 Å². The first-order valence-corrected chi connectivity index (χ1v) is 15.5. The lowest BCUT2D eigenvalue weighted by Gasteiger charge is -2.42. The number of nitrogens with zero attached hydrogens (tertiary/aromatic N) is 4. The van der Waals surface area contributed by atoms with Crippen molar-refractivity contribution in [3.8, 4) is 0 Å². The summed E-state index contributed by atoms with van der Waals surface area (Å²) in [5.74, 6) is 0.917. The zero-order valence-electron chi connectivity index (χ0n) is 20.7. The highest BCUT2D eigenvalue weighted by Gasteiger charge is 2.34. The molecule has 2 amide bonds. The molecule has 10 heteroatoms. The number of nitrogens with one attached hydrogen (secondary N) is 1. The number of hydrogen-bond donors (Lipinski definition) is 1. The molecular formula is C24H41N5O3S2. The average Bonchev–Trinajstić information content (AvgIpc) is 3.28. The van der Waals surface area contributed by atoms with Gasteiger partial charge in [0, 0.05) is 55.9 Å². The molecule has 1 N–H and O–H groups in total. The monoisotopic (exact) mass is 511 g/mol. The van der Waals surface area contributed by atoms with E-state index in [4.69, 9.17) is 0 Å². The summed E-state index contributed by atoms with van der Waals surface area (Å²) in [6.45, 7) is 7.26. The van der Waals surface area contributed by atoms with Crippen molar-refractivity contribution in [1.82, 2.24) is 19.1 Å². The van der Waals surface area contributed by atoms with E-state index in [0.717, 1.165) is 43.0 Å². The van der Waals surface area contributed by atoms with Crippen molar-refractivity contribution in [2.45, 2.75) is 90.3 Å². The number of sulfonamides is 1. The molecule has 192 valence electrons. The maximum atomic E-state index is 13.5. The van der Waals surface area contributed by atoms with Gasteiger partial charge in [0.1, 0.15) is 0 Å². The highest BCUT2D eigenvalue weighted by atomic mass is 32.2. The number of amides is 2. The van der Waals surface area contributed by atoms with Gasteiger partial charge in [0.25, 0.3) is 0 Å². The van der Waals surface area contributed by atoms with Gasteiger partial charge in [-0.05, 0) is 51.4 Å². The van der Waals surface area contributed by atoms with Gasteiger partial charge in [0.2, 0.25) is 10.0 Å². The predicted molar refractivity (Wildman–Crippen MR) is 138 cm³/mol. The molecule has 4 rings (SSSR count). The molecule has 2 heterocycles. The first kappa shape index (κ1) is 25.9. The van der Waals surface area contributed by atoms with E-state index in [1.165, 1.54) is 43.4 Å². The van der Waals surface area contributed by atoms with Crippen molar-refractivity contribution in [3.63, 3.8) is 0 Å². The van der Waals surface area contributed by atoms with Crippen molar-refractivity contribution in [1.29, 1.82) is 0 Å². The third-order valence-electron chi connectivity index (χ3n) is 7.82. The van der Waals surface area contributed by atoms with E-state index in [0.29, 0.717) is 43.4 Å². The second-order valence-electron chi connectivity index (χ2n) is 10.3. The minimum Gasteiger partial charge on any atom is -0.319 e. The van der Waals surface area contributed by atoms with Gasteiger partial charge in [-0.15, -0.1) is 11.3 Å². The number of thiazole rings is 1. The molecule has 3 fully saturated rings. The van der Waals surface area contributed by atoms with Crippen molar-refractivity contribution in [3.05, 3.63) is 11.1 Å². The molecule has 0 spiro atoms.